The van der Waals surface area contributed by atoms with Crippen LogP contribution in [0.4, 0.5) is 4.79 Å². The molecule has 4 nitrogen and oxygen atoms in total. The van der Waals surface area contributed by atoms with Crippen LogP contribution in [0.5, 0.6) is 0 Å². The van der Waals surface area contributed by atoms with E-state index in [4.69, 9.17) is 9.47 Å². The summed E-state index contributed by atoms with van der Waals surface area (Å²) in [6.45, 7) is 11.6. The molecule has 0 saturated carbocycles. The summed E-state index contributed by atoms with van der Waals surface area (Å²) >= 11 is 0. The number of carbonyl (C=O) groups excluding carboxylic acids is 1. The van der Waals surface area contributed by atoms with Crippen molar-refractivity contribution in [2.75, 3.05) is 14.2 Å². The van der Waals surface area contributed by atoms with Gasteiger partial charge in [-0.1, -0.05) is 13.8 Å². The molecule has 0 bridgehead atoms. The maximum absolute atomic E-state index is 11.2. The average molecular weight is 232 g/mol. The van der Waals surface area contributed by atoms with Gasteiger partial charge in [0.1, 0.15) is 5.60 Å². The van der Waals surface area contributed by atoms with Crippen LogP contribution < -0.4 is 0 Å². The Bertz CT molecular complexity index is 254. The van der Waals surface area contributed by atoms with Gasteiger partial charge < -0.3 is 14.2 Å². The predicted molar refractivity (Wildman–Crippen MR) is 62.4 cm³/mol. The van der Waals surface area contributed by atoms with Gasteiger partial charge in [0.2, 0.25) is 0 Å². The minimum Gasteiger partial charge on any atom is -0.438 e. The second-order valence-corrected chi connectivity index (χ2v) is 5.41. The van der Waals surface area contributed by atoms with Crippen LogP contribution in [0.2, 0.25) is 0 Å². The van der Waals surface area contributed by atoms with Crippen molar-refractivity contribution in [1.82, 2.24) is 0 Å². The van der Waals surface area contributed by atoms with E-state index in [-0.39, 0.29) is 5.41 Å². The van der Waals surface area contributed by atoms with Crippen molar-refractivity contribution in [3.05, 3.63) is 0 Å². The van der Waals surface area contributed by atoms with Crippen molar-refractivity contribution in [1.29, 1.82) is 0 Å². The van der Waals surface area contributed by atoms with Gasteiger partial charge in [-0.15, -0.1) is 0 Å². The third-order valence-corrected chi connectivity index (χ3v) is 4.03. The fourth-order valence-corrected chi connectivity index (χ4v) is 1.36. The zero-order valence-electron chi connectivity index (χ0n) is 11.6. The Morgan fingerprint density at radius 3 is 1.62 bits per heavy atom. The molecule has 0 heterocycles. The summed E-state index contributed by atoms with van der Waals surface area (Å²) in [5.41, 5.74) is -1.49. The molecule has 0 spiro atoms. The lowest BCUT2D eigenvalue weighted by Gasteiger charge is -2.49. The van der Waals surface area contributed by atoms with E-state index in [9.17, 15) is 4.79 Å². The highest BCUT2D eigenvalue weighted by molar-refractivity contribution is 5.60. The van der Waals surface area contributed by atoms with Gasteiger partial charge in [-0.05, 0) is 27.7 Å². The summed E-state index contributed by atoms with van der Waals surface area (Å²) in [5.74, 6) is 0. The minimum atomic E-state index is -0.695. The zero-order chi connectivity index (χ0) is 13.2. The molecule has 0 fully saturated rings. The Balaban J connectivity index is 5.05. The van der Waals surface area contributed by atoms with Gasteiger partial charge in [0.05, 0.1) is 12.7 Å². The number of methoxy groups -OCH3 is 2. The number of carbonyl (C=O) groups is 1. The van der Waals surface area contributed by atoms with Crippen LogP contribution in [0.15, 0.2) is 0 Å². The van der Waals surface area contributed by atoms with Crippen molar-refractivity contribution in [3.8, 4) is 0 Å². The van der Waals surface area contributed by atoms with Gasteiger partial charge in [-0.3, -0.25) is 0 Å². The molecule has 0 amide bonds. The van der Waals surface area contributed by atoms with E-state index in [0.29, 0.717) is 0 Å². The fraction of sp³-hybridized carbons (Fsp3) is 0.917. The smallest absolute Gasteiger partial charge is 0.438 e. The second kappa shape index (κ2) is 4.62. The molecule has 4 heteroatoms. The molecule has 0 aliphatic carbocycles. The quantitative estimate of drug-likeness (QED) is 0.699. The monoisotopic (exact) mass is 232 g/mol. The van der Waals surface area contributed by atoms with Crippen LogP contribution in [0, 0.1) is 5.41 Å². The molecule has 0 aromatic carbocycles. The fourth-order valence-electron chi connectivity index (χ4n) is 1.36. The van der Waals surface area contributed by atoms with Crippen molar-refractivity contribution < 1.29 is 19.0 Å². The number of hydrogen-bond acceptors (Lipinski definition) is 4. The first-order valence-electron chi connectivity index (χ1n) is 5.34. The van der Waals surface area contributed by atoms with Crippen LogP contribution in [-0.4, -0.2) is 31.6 Å². The predicted octanol–water partition coefficient (Wildman–Crippen LogP) is 3.00. The highest BCUT2D eigenvalue weighted by atomic mass is 16.7. The molecule has 0 rings (SSSR count). The molecule has 96 valence electrons. The lowest BCUT2D eigenvalue weighted by molar-refractivity contribution is -0.170. The molecule has 0 atom stereocenters. The van der Waals surface area contributed by atoms with Crippen LogP contribution in [-0.2, 0) is 14.2 Å². The SMILES string of the molecule is COC(=O)OC(C)(C)C(C)(C)C(C)(C)OC. The Labute approximate surface area is 98.3 Å². The van der Waals surface area contributed by atoms with E-state index < -0.39 is 17.4 Å². The van der Waals surface area contributed by atoms with Crippen molar-refractivity contribution in [2.45, 2.75) is 52.7 Å². The number of rotatable bonds is 4. The van der Waals surface area contributed by atoms with Crippen molar-refractivity contribution in [2.24, 2.45) is 5.41 Å². The third kappa shape index (κ3) is 2.67. The van der Waals surface area contributed by atoms with Gasteiger partial charge in [-0.2, -0.15) is 0 Å². The zero-order valence-corrected chi connectivity index (χ0v) is 11.6. The average Bonchev–Trinajstić information content (AvgIpc) is 2.16. The summed E-state index contributed by atoms with van der Waals surface area (Å²) in [6, 6.07) is 0. The Morgan fingerprint density at radius 2 is 1.31 bits per heavy atom. The van der Waals surface area contributed by atoms with Crippen LogP contribution >= 0.6 is 0 Å². The summed E-state index contributed by atoms with van der Waals surface area (Å²) in [5, 5.41) is 0. The highest BCUT2D eigenvalue weighted by Crippen LogP contribution is 2.44. The minimum absolute atomic E-state index is 0.372. The molecule has 0 aliphatic rings. The van der Waals surface area contributed by atoms with E-state index in [1.807, 2.05) is 41.5 Å². The first-order valence-corrected chi connectivity index (χ1v) is 5.34. The Morgan fingerprint density at radius 1 is 0.875 bits per heavy atom. The molecular formula is C12H24O4. The summed E-state index contributed by atoms with van der Waals surface area (Å²) in [7, 11) is 2.95. The van der Waals surface area contributed by atoms with Gasteiger partial charge in [0, 0.05) is 12.5 Å². The molecule has 0 saturated heterocycles. The van der Waals surface area contributed by atoms with E-state index in [0.717, 1.165) is 0 Å². The summed E-state index contributed by atoms with van der Waals surface area (Å²) < 4.78 is 15.3. The third-order valence-electron chi connectivity index (χ3n) is 4.03. The van der Waals surface area contributed by atoms with Crippen LogP contribution in [0.25, 0.3) is 0 Å². The maximum atomic E-state index is 11.2. The van der Waals surface area contributed by atoms with Gasteiger partial charge >= 0.3 is 6.16 Å². The molecular weight excluding hydrogens is 208 g/mol. The number of ether oxygens (including phenoxy) is 3. The first-order chi connectivity index (χ1) is 7.02. The van der Waals surface area contributed by atoms with E-state index in [1.165, 1.54) is 7.11 Å². The lowest BCUT2D eigenvalue weighted by atomic mass is 9.66. The molecule has 0 aliphatic heterocycles. The highest BCUT2D eigenvalue weighted by Gasteiger charge is 2.51. The van der Waals surface area contributed by atoms with Crippen molar-refractivity contribution >= 4 is 6.16 Å². The van der Waals surface area contributed by atoms with Gasteiger partial charge in [-0.25, -0.2) is 4.79 Å². The maximum Gasteiger partial charge on any atom is 0.508 e. The van der Waals surface area contributed by atoms with Gasteiger partial charge in [0.15, 0.2) is 0 Å². The Hall–Kier alpha value is -0.770. The van der Waals surface area contributed by atoms with Crippen LogP contribution in [0.1, 0.15) is 41.5 Å². The van der Waals surface area contributed by atoms with Crippen molar-refractivity contribution in [3.63, 3.8) is 0 Å². The molecule has 16 heavy (non-hydrogen) atoms. The summed E-state index contributed by atoms with van der Waals surface area (Å²) in [4.78, 5) is 11.2. The lowest BCUT2D eigenvalue weighted by Crippen LogP contribution is -2.56. The van der Waals surface area contributed by atoms with Gasteiger partial charge in [0.25, 0.3) is 0 Å². The van der Waals surface area contributed by atoms with Crippen LogP contribution in [0.3, 0.4) is 0 Å². The molecule has 0 N–H and O–H groups in total. The normalized spacial score (nSPS) is 13.5. The largest absolute Gasteiger partial charge is 0.508 e. The molecule has 0 unspecified atom stereocenters. The van der Waals surface area contributed by atoms with E-state index >= 15 is 0 Å². The summed E-state index contributed by atoms with van der Waals surface area (Å²) in [6.07, 6.45) is -0.676. The Kier molecular flexibility index (Phi) is 4.39. The molecule has 0 radical (unpaired) electrons. The standard InChI is InChI=1S/C12H24O4/c1-10(2,11(3,4)15-8)12(5,6)16-9(13)14-7/h1-8H3. The van der Waals surface area contributed by atoms with E-state index in [2.05, 4.69) is 4.74 Å². The second-order valence-electron chi connectivity index (χ2n) is 5.41. The first kappa shape index (κ1) is 15.2. The van der Waals surface area contributed by atoms with E-state index in [1.54, 1.807) is 7.11 Å². The topological polar surface area (TPSA) is 44.8 Å². The number of hydrogen-bond donors (Lipinski definition) is 0. The molecule has 0 aromatic heterocycles. The molecule has 0 aromatic rings.